The molecule has 0 N–H and O–H groups in total. The van der Waals surface area contributed by atoms with E-state index in [4.69, 9.17) is 14.2 Å². The summed E-state index contributed by atoms with van der Waals surface area (Å²) >= 11 is 0. The van der Waals surface area contributed by atoms with Gasteiger partial charge in [-0.05, 0) is 23.8 Å². The summed E-state index contributed by atoms with van der Waals surface area (Å²) in [6.45, 7) is 3.40. The maximum absolute atomic E-state index is 12.1. The first-order chi connectivity index (χ1) is 13.7. The molecule has 0 radical (unpaired) electrons. The van der Waals surface area contributed by atoms with E-state index in [2.05, 4.69) is 9.88 Å². The summed E-state index contributed by atoms with van der Waals surface area (Å²) in [6.07, 6.45) is 1.35. The van der Waals surface area contributed by atoms with Gasteiger partial charge in [-0.15, -0.1) is 0 Å². The summed E-state index contributed by atoms with van der Waals surface area (Å²) in [4.78, 5) is 18.7. The molecule has 0 spiro atoms. The first kappa shape index (κ1) is 18.3. The van der Waals surface area contributed by atoms with Crippen molar-refractivity contribution in [3.8, 4) is 11.5 Å². The van der Waals surface area contributed by atoms with Gasteiger partial charge in [0, 0.05) is 31.9 Å². The van der Waals surface area contributed by atoms with Crippen LogP contribution in [0.5, 0.6) is 11.5 Å². The van der Waals surface area contributed by atoms with E-state index in [-0.39, 0.29) is 5.56 Å². The summed E-state index contributed by atoms with van der Waals surface area (Å²) in [5, 5.41) is 0. The number of hydrogen-bond donors (Lipinski definition) is 0. The van der Waals surface area contributed by atoms with E-state index in [1.54, 1.807) is 18.7 Å². The molecule has 3 aromatic rings. The molecular formula is C21H23N3O4. The van der Waals surface area contributed by atoms with Crippen LogP contribution in [0, 0.1) is 0 Å². The lowest BCUT2D eigenvalue weighted by Crippen LogP contribution is -2.36. The minimum atomic E-state index is -0.166. The van der Waals surface area contributed by atoms with E-state index in [0.717, 1.165) is 35.6 Å². The summed E-state index contributed by atoms with van der Waals surface area (Å²) < 4.78 is 18.4. The second-order valence-corrected chi connectivity index (χ2v) is 6.70. The molecule has 1 fully saturated rings. The molecule has 1 aliphatic heterocycles. The van der Waals surface area contributed by atoms with Gasteiger partial charge in [0.05, 0.1) is 32.0 Å². The Labute approximate surface area is 163 Å². The summed E-state index contributed by atoms with van der Waals surface area (Å²) in [7, 11) is 3.38. The molecule has 1 saturated heterocycles. The second-order valence-electron chi connectivity index (χ2n) is 6.70. The number of rotatable bonds is 5. The van der Waals surface area contributed by atoms with Crippen LogP contribution < -0.4 is 19.9 Å². The molecule has 2 heterocycles. The van der Waals surface area contributed by atoms with Gasteiger partial charge in [-0.1, -0.05) is 12.1 Å². The fraction of sp³-hybridized carbons (Fsp3) is 0.333. The summed E-state index contributed by atoms with van der Waals surface area (Å²) in [5.74, 6) is 1.44. The van der Waals surface area contributed by atoms with Crippen LogP contribution in [-0.2, 0) is 18.4 Å². The van der Waals surface area contributed by atoms with Crippen LogP contribution in [0.4, 0.5) is 5.69 Å². The Morgan fingerprint density at radius 1 is 1.14 bits per heavy atom. The van der Waals surface area contributed by atoms with Gasteiger partial charge in [-0.25, -0.2) is 4.98 Å². The van der Waals surface area contributed by atoms with E-state index in [9.17, 15) is 4.79 Å². The van der Waals surface area contributed by atoms with Crippen LogP contribution in [0.2, 0.25) is 0 Å². The van der Waals surface area contributed by atoms with Gasteiger partial charge in [-0.3, -0.25) is 4.79 Å². The van der Waals surface area contributed by atoms with Crippen molar-refractivity contribution in [1.82, 2.24) is 9.55 Å². The third-order valence-corrected chi connectivity index (χ3v) is 4.95. The van der Waals surface area contributed by atoms with Crippen LogP contribution in [0.1, 0.15) is 5.56 Å². The van der Waals surface area contributed by atoms with Crippen molar-refractivity contribution >= 4 is 16.7 Å². The number of nitrogens with zero attached hydrogens (tertiary/aromatic N) is 3. The lowest BCUT2D eigenvalue weighted by molar-refractivity contribution is 0.122. The number of ether oxygens (including phenoxy) is 3. The van der Waals surface area contributed by atoms with Crippen molar-refractivity contribution in [3.05, 3.63) is 58.5 Å². The van der Waals surface area contributed by atoms with Crippen molar-refractivity contribution in [3.63, 3.8) is 0 Å². The van der Waals surface area contributed by atoms with Gasteiger partial charge in [-0.2, -0.15) is 0 Å². The average Bonchev–Trinajstić information content (AvgIpc) is 2.75. The molecule has 1 aliphatic rings. The fourth-order valence-corrected chi connectivity index (χ4v) is 3.33. The standard InChI is InChI=1S/C21H23N3O4/c1-23-20(25)13-22-18-11-16(24-7-9-27-10-8-24)12-19(21(18)23)28-14-15-3-5-17(26-2)6-4-15/h3-6,11-13H,7-10,14H2,1-2H3. The van der Waals surface area contributed by atoms with Crippen molar-refractivity contribution in [2.75, 3.05) is 38.3 Å². The highest BCUT2D eigenvalue weighted by atomic mass is 16.5. The Kier molecular flexibility index (Phi) is 5.16. The topological polar surface area (TPSA) is 65.8 Å². The van der Waals surface area contributed by atoms with Crippen molar-refractivity contribution in [1.29, 1.82) is 0 Å². The molecule has 0 saturated carbocycles. The second kappa shape index (κ2) is 7.90. The molecule has 7 nitrogen and oxygen atoms in total. The predicted molar refractivity (Wildman–Crippen MR) is 107 cm³/mol. The molecule has 0 amide bonds. The highest BCUT2D eigenvalue weighted by molar-refractivity contribution is 5.85. The van der Waals surface area contributed by atoms with E-state index in [1.807, 2.05) is 36.4 Å². The highest BCUT2D eigenvalue weighted by Gasteiger charge is 2.16. The summed E-state index contributed by atoms with van der Waals surface area (Å²) in [6, 6.07) is 11.7. The average molecular weight is 381 g/mol. The number of morpholine rings is 1. The third kappa shape index (κ3) is 3.66. The molecule has 7 heteroatoms. The van der Waals surface area contributed by atoms with Crippen LogP contribution in [0.25, 0.3) is 11.0 Å². The number of aryl methyl sites for hydroxylation is 1. The maximum atomic E-state index is 12.1. The van der Waals surface area contributed by atoms with Crippen molar-refractivity contribution in [2.45, 2.75) is 6.61 Å². The molecule has 28 heavy (non-hydrogen) atoms. The van der Waals surface area contributed by atoms with Gasteiger partial charge in [0.25, 0.3) is 5.56 Å². The number of hydrogen-bond acceptors (Lipinski definition) is 6. The Bertz CT molecular complexity index is 1020. The molecule has 0 atom stereocenters. The van der Waals surface area contributed by atoms with Crippen LogP contribution >= 0.6 is 0 Å². The first-order valence-electron chi connectivity index (χ1n) is 9.24. The SMILES string of the molecule is COc1ccc(COc2cc(N3CCOCC3)cc3ncc(=O)n(C)c23)cc1. The number of anilines is 1. The lowest BCUT2D eigenvalue weighted by atomic mass is 10.2. The zero-order valence-corrected chi connectivity index (χ0v) is 16.1. The van der Waals surface area contributed by atoms with Crippen molar-refractivity contribution in [2.24, 2.45) is 7.05 Å². The van der Waals surface area contributed by atoms with Crippen LogP contribution in [0.15, 0.2) is 47.4 Å². The van der Waals surface area contributed by atoms with E-state index < -0.39 is 0 Å². The Morgan fingerprint density at radius 3 is 2.61 bits per heavy atom. The Hall–Kier alpha value is -3.06. The first-order valence-corrected chi connectivity index (χ1v) is 9.24. The zero-order valence-electron chi connectivity index (χ0n) is 16.1. The number of benzene rings is 2. The van der Waals surface area contributed by atoms with Crippen molar-refractivity contribution < 1.29 is 14.2 Å². The van der Waals surface area contributed by atoms with E-state index in [1.165, 1.54) is 6.20 Å². The maximum Gasteiger partial charge on any atom is 0.269 e. The lowest BCUT2D eigenvalue weighted by Gasteiger charge is -2.29. The molecule has 146 valence electrons. The molecule has 2 aromatic carbocycles. The highest BCUT2D eigenvalue weighted by Crippen LogP contribution is 2.31. The minimum absolute atomic E-state index is 0.166. The Balaban J connectivity index is 1.70. The number of aromatic nitrogens is 2. The van der Waals surface area contributed by atoms with Gasteiger partial charge in [0.1, 0.15) is 23.6 Å². The molecule has 0 unspecified atom stereocenters. The molecule has 0 bridgehead atoms. The van der Waals surface area contributed by atoms with Crippen LogP contribution in [0.3, 0.4) is 0 Å². The van der Waals surface area contributed by atoms with Gasteiger partial charge in [0.2, 0.25) is 0 Å². The quantitative estimate of drug-likeness (QED) is 0.676. The van der Waals surface area contributed by atoms with E-state index >= 15 is 0 Å². The monoisotopic (exact) mass is 381 g/mol. The minimum Gasteiger partial charge on any atom is -0.497 e. The molecule has 0 aliphatic carbocycles. The third-order valence-electron chi connectivity index (χ3n) is 4.95. The number of methoxy groups -OCH3 is 1. The smallest absolute Gasteiger partial charge is 0.269 e. The Morgan fingerprint density at radius 2 is 1.89 bits per heavy atom. The number of fused-ring (bicyclic) bond motifs is 1. The molecule has 4 rings (SSSR count). The van der Waals surface area contributed by atoms with Gasteiger partial charge < -0.3 is 23.7 Å². The molecule has 1 aromatic heterocycles. The zero-order chi connectivity index (χ0) is 19.5. The van der Waals surface area contributed by atoms with Gasteiger partial charge >= 0.3 is 0 Å². The van der Waals surface area contributed by atoms with Crippen LogP contribution in [-0.4, -0.2) is 43.0 Å². The predicted octanol–water partition coefficient (Wildman–Crippen LogP) is 2.36. The normalized spacial score (nSPS) is 14.3. The largest absolute Gasteiger partial charge is 0.497 e. The molecular weight excluding hydrogens is 358 g/mol. The summed E-state index contributed by atoms with van der Waals surface area (Å²) in [5.41, 5.74) is 3.29. The van der Waals surface area contributed by atoms with E-state index in [0.29, 0.717) is 31.1 Å². The fourth-order valence-electron chi connectivity index (χ4n) is 3.33. The van der Waals surface area contributed by atoms with Gasteiger partial charge in [0.15, 0.2) is 0 Å².